The first-order valence-electron chi connectivity index (χ1n) is 11.7. The molecule has 2 heterocycles. The summed E-state index contributed by atoms with van der Waals surface area (Å²) < 4.78 is 26.2. The maximum absolute atomic E-state index is 14.2. The van der Waals surface area contributed by atoms with E-state index < -0.39 is 5.82 Å². The highest BCUT2D eigenvalue weighted by atomic mass is 35.5. The lowest BCUT2D eigenvalue weighted by atomic mass is 9.91. The highest BCUT2D eigenvalue weighted by Gasteiger charge is 2.30. The van der Waals surface area contributed by atoms with Gasteiger partial charge in [-0.3, -0.25) is 9.69 Å². The van der Waals surface area contributed by atoms with Crippen LogP contribution in [0.3, 0.4) is 0 Å². The molecule has 10 heteroatoms. The van der Waals surface area contributed by atoms with Crippen LogP contribution in [0.5, 0.6) is 11.5 Å². The quantitative estimate of drug-likeness (QED) is 0.523. The molecule has 8 nitrogen and oxygen atoms in total. The lowest BCUT2D eigenvalue weighted by Gasteiger charge is -2.38. The number of halogens is 2. The number of rotatable bonds is 6. The zero-order valence-electron chi connectivity index (χ0n) is 19.4. The minimum absolute atomic E-state index is 0.0229. The first-order valence-corrected chi connectivity index (χ1v) is 12.1. The minimum atomic E-state index is -0.558. The van der Waals surface area contributed by atoms with Crippen molar-refractivity contribution in [2.45, 2.75) is 37.8 Å². The lowest BCUT2D eigenvalue weighted by Crippen LogP contribution is -2.52. The minimum Gasteiger partial charge on any atom is -0.493 e. The standard InChI is InChI=1S/C25H27ClFN5O3/c1-34-21-12-20-15(13-29-25(31-20)30-19-4-2-3-18(26)24(19)27)11-22(21)35-17-7-5-16(6-8-17)32-10-9-28-23(33)14-32/h2-4,11-13,16-17H,5-10,14H2,1H3,(H,28,33)(H,29,30,31). The number of hydrogen-bond acceptors (Lipinski definition) is 7. The molecule has 2 N–H and O–H groups in total. The molecule has 5 rings (SSSR count). The number of fused-ring (bicyclic) bond motifs is 1. The summed E-state index contributed by atoms with van der Waals surface area (Å²) in [6.45, 7) is 2.10. The van der Waals surface area contributed by atoms with E-state index in [1.807, 2.05) is 6.07 Å². The molecule has 0 atom stereocenters. The predicted octanol–water partition coefficient (Wildman–Crippen LogP) is 4.30. The van der Waals surface area contributed by atoms with Gasteiger partial charge in [-0.1, -0.05) is 17.7 Å². The van der Waals surface area contributed by atoms with Gasteiger partial charge in [-0.2, -0.15) is 0 Å². The molecule has 0 spiro atoms. The van der Waals surface area contributed by atoms with Crippen molar-refractivity contribution < 1.29 is 18.7 Å². The summed E-state index contributed by atoms with van der Waals surface area (Å²) in [5, 5.41) is 6.56. The van der Waals surface area contributed by atoms with Gasteiger partial charge >= 0.3 is 0 Å². The second-order valence-electron chi connectivity index (χ2n) is 8.85. The molecule has 1 saturated heterocycles. The summed E-state index contributed by atoms with van der Waals surface area (Å²) in [7, 11) is 1.59. The molecule has 1 aliphatic heterocycles. The molecule has 1 saturated carbocycles. The van der Waals surface area contributed by atoms with E-state index in [1.54, 1.807) is 31.5 Å². The molecule has 1 aliphatic carbocycles. The third-order valence-electron chi connectivity index (χ3n) is 6.58. The number of amides is 1. The summed E-state index contributed by atoms with van der Waals surface area (Å²) >= 11 is 5.86. The Bertz CT molecular complexity index is 1240. The second kappa shape index (κ2) is 10.2. The van der Waals surface area contributed by atoms with Crippen LogP contribution >= 0.6 is 11.6 Å². The van der Waals surface area contributed by atoms with E-state index in [0.717, 1.165) is 44.2 Å². The number of carbonyl (C=O) groups is 1. The number of aromatic nitrogens is 2. The van der Waals surface area contributed by atoms with Gasteiger partial charge in [0.05, 0.1) is 36.0 Å². The Morgan fingerprint density at radius 3 is 2.80 bits per heavy atom. The summed E-state index contributed by atoms with van der Waals surface area (Å²) in [5.74, 6) is 1.02. The van der Waals surface area contributed by atoms with E-state index in [2.05, 4.69) is 25.5 Å². The number of carbonyl (C=O) groups excluding carboxylic acids is 1. The van der Waals surface area contributed by atoms with Gasteiger partial charge in [-0.15, -0.1) is 0 Å². The Labute approximate surface area is 207 Å². The number of anilines is 2. The summed E-state index contributed by atoms with van der Waals surface area (Å²) in [4.78, 5) is 22.8. The Morgan fingerprint density at radius 2 is 2.03 bits per heavy atom. The summed E-state index contributed by atoms with van der Waals surface area (Å²) in [5.41, 5.74) is 0.839. The number of hydrogen-bond donors (Lipinski definition) is 2. The van der Waals surface area contributed by atoms with E-state index in [9.17, 15) is 9.18 Å². The van der Waals surface area contributed by atoms with Crippen molar-refractivity contribution in [3.05, 3.63) is 47.4 Å². The monoisotopic (exact) mass is 499 g/mol. The van der Waals surface area contributed by atoms with E-state index in [0.29, 0.717) is 29.6 Å². The van der Waals surface area contributed by atoms with Crippen LogP contribution < -0.4 is 20.1 Å². The lowest BCUT2D eigenvalue weighted by molar-refractivity contribution is -0.125. The highest BCUT2D eigenvalue weighted by Crippen LogP contribution is 2.35. The summed E-state index contributed by atoms with van der Waals surface area (Å²) in [6.07, 6.45) is 5.54. The average molecular weight is 500 g/mol. The fraction of sp³-hybridized carbons (Fsp3) is 0.400. The zero-order chi connectivity index (χ0) is 24.4. The van der Waals surface area contributed by atoms with Gasteiger partial charge in [0.1, 0.15) is 0 Å². The molecule has 0 bridgehead atoms. The van der Waals surface area contributed by atoms with Crippen LogP contribution in [-0.2, 0) is 4.79 Å². The topological polar surface area (TPSA) is 88.6 Å². The molecule has 0 unspecified atom stereocenters. The van der Waals surface area contributed by atoms with Crippen LogP contribution in [0, 0.1) is 5.82 Å². The van der Waals surface area contributed by atoms with Crippen molar-refractivity contribution in [2.75, 3.05) is 32.1 Å². The van der Waals surface area contributed by atoms with Crippen LogP contribution in [0.4, 0.5) is 16.0 Å². The number of benzene rings is 2. The molecule has 3 aromatic rings. The second-order valence-corrected chi connectivity index (χ2v) is 9.26. The van der Waals surface area contributed by atoms with Crippen LogP contribution in [-0.4, -0.2) is 59.7 Å². The van der Waals surface area contributed by atoms with Crippen LogP contribution in [0.15, 0.2) is 36.5 Å². The Balaban J connectivity index is 1.28. The van der Waals surface area contributed by atoms with Crippen molar-refractivity contribution in [1.82, 2.24) is 20.2 Å². The van der Waals surface area contributed by atoms with Crippen molar-refractivity contribution >= 4 is 40.0 Å². The number of nitrogens with zero attached hydrogens (tertiary/aromatic N) is 3. The van der Waals surface area contributed by atoms with Gasteiger partial charge in [0.25, 0.3) is 0 Å². The molecule has 2 aliphatic rings. The molecular formula is C25H27ClFN5O3. The van der Waals surface area contributed by atoms with Crippen LogP contribution in [0.1, 0.15) is 25.7 Å². The predicted molar refractivity (Wildman–Crippen MR) is 132 cm³/mol. The molecule has 1 aromatic heterocycles. The fourth-order valence-corrected chi connectivity index (χ4v) is 4.92. The number of piperazine rings is 1. The van der Waals surface area contributed by atoms with Crippen molar-refractivity contribution in [2.24, 2.45) is 0 Å². The third-order valence-corrected chi connectivity index (χ3v) is 6.88. The van der Waals surface area contributed by atoms with Crippen LogP contribution in [0.25, 0.3) is 10.9 Å². The summed E-state index contributed by atoms with van der Waals surface area (Å²) in [6, 6.07) is 8.79. The number of nitrogens with one attached hydrogen (secondary N) is 2. The van der Waals surface area contributed by atoms with Crippen molar-refractivity contribution in [3.63, 3.8) is 0 Å². The van der Waals surface area contributed by atoms with E-state index in [4.69, 9.17) is 21.1 Å². The smallest absolute Gasteiger partial charge is 0.234 e. The Hall–Kier alpha value is -3.17. The van der Waals surface area contributed by atoms with E-state index in [-0.39, 0.29) is 28.7 Å². The Kier molecular flexibility index (Phi) is 6.88. The van der Waals surface area contributed by atoms with Gasteiger partial charge in [0, 0.05) is 36.8 Å². The van der Waals surface area contributed by atoms with Crippen molar-refractivity contribution in [1.29, 1.82) is 0 Å². The first-order chi connectivity index (χ1) is 17.0. The van der Waals surface area contributed by atoms with Gasteiger partial charge in [-0.25, -0.2) is 14.4 Å². The van der Waals surface area contributed by atoms with Gasteiger partial charge in [0.2, 0.25) is 11.9 Å². The molecule has 184 valence electrons. The number of ether oxygens (including phenoxy) is 2. The largest absolute Gasteiger partial charge is 0.493 e. The van der Waals surface area contributed by atoms with Crippen LogP contribution in [0.2, 0.25) is 5.02 Å². The average Bonchev–Trinajstić information content (AvgIpc) is 2.87. The van der Waals surface area contributed by atoms with Gasteiger partial charge in [-0.05, 0) is 43.9 Å². The molecule has 2 fully saturated rings. The molecular weight excluding hydrogens is 473 g/mol. The van der Waals surface area contributed by atoms with Gasteiger partial charge in [0.15, 0.2) is 17.3 Å². The molecule has 2 aromatic carbocycles. The van der Waals surface area contributed by atoms with E-state index >= 15 is 0 Å². The number of methoxy groups -OCH3 is 1. The maximum Gasteiger partial charge on any atom is 0.234 e. The SMILES string of the molecule is COc1cc2nc(Nc3cccc(Cl)c3F)ncc2cc1OC1CCC(N2CCNC(=O)C2)CC1. The van der Waals surface area contributed by atoms with Gasteiger partial charge < -0.3 is 20.1 Å². The highest BCUT2D eigenvalue weighted by molar-refractivity contribution is 6.31. The maximum atomic E-state index is 14.2. The molecule has 1 amide bonds. The first kappa shape index (κ1) is 23.6. The van der Waals surface area contributed by atoms with E-state index in [1.165, 1.54) is 6.07 Å². The zero-order valence-corrected chi connectivity index (χ0v) is 20.1. The third kappa shape index (κ3) is 5.26. The van der Waals surface area contributed by atoms with Crippen molar-refractivity contribution in [3.8, 4) is 11.5 Å². The fourth-order valence-electron chi connectivity index (χ4n) is 4.75. The normalized spacial score (nSPS) is 20.9. The molecule has 35 heavy (non-hydrogen) atoms. The Morgan fingerprint density at radius 1 is 1.20 bits per heavy atom. The molecule has 0 radical (unpaired) electrons.